The first-order valence-corrected chi connectivity index (χ1v) is 7.97. The maximum Gasteiger partial charge on any atom is 0.233 e. The molecule has 0 heterocycles. The monoisotopic (exact) mass is 300 g/mol. The maximum absolute atomic E-state index is 12.3. The van der Waals surface area contributed by atoms with Crippen LogP contribution in [0.1, 0.15) is 12.5 Å². The number of nitrogen functional groups attached to an aromatic ring is 1. The van der Waals surface area contributed by atoms with Crippen LogP contribution in [-0.2, 0) is 11.3 Å². The number of nitrogens with zero attached hydrogens (tertiary/aromatic N) is 1. The van der Waals surface area contributed by atoms with Crippen LogP contribution >= 0.6 is 11.8 Å². The van der Waals surface area contributed by atoms with Gasteiger partial charge in [-0.1, -0.05) is 36.4 Å². The number of anilines is 1. The van der Waals surface area contributed by atoms with Crippen LogP contribution in [0.15, 0.2) is 59.5 Å². The van der Waals surface area contributed by atoms with Gasteiger partial charge < -0.3 is 10.6 Å². The van der Waals surface area contributed by atoms with Crippen molar-refractivity contribution in [3.8, 4) is 0 Å². The third-order valence-corrected chi connectivity index (χ3v) is 4.15. The predicted molar refractivity (Wildman–Crippen MR) is 89.1 cm³/mol. The minimum Gasteiger partial charge on any atom is -0.399 e. The molecular weight excluding hydrogens is 280 g/mol. The molecule has 0 unspecified atom stereocenters. The van der Waals surface area contributed by atoms with Crippen molar-refractivity contribution in [2.45, 2.75) is 18.4 Å². The summed E-state index contributed by atoms with van der Waals surface area (Å²) in [6.07, 6.45) is 0. The lowest BCUT2D eigenvalue weighted by Gasteiger charge is -2.21. The van der Waals surface area contributed by atoms with Crippen molar-refractivity contribution in [1.29, 1.82) is 0 Å². The molecule has 0 saturated heterocycles. The van der Waals surface area contributed by atoms with Gasteiger partial charge >= 0.3 is 0 Å². The van der Waals surface area contributed by atoms with E-state index in [4.69, 9.17) is 5.73 Å². The van der Waals surface area contributed by atoms with Gasteiger partial charge in [0.15, 0.2) is 0 Å². The number of carbonyl (C=O) groups excluding carboxylic acids is 1. The predicted octanol–water partition coefficient (Wildman–Crippen LogP) is 3.41. The second kappa shape index (κ2) is 7.74. The third-order valence-electron chi connectivity index (χ3n) is 3.17. The van der Waals surface area contributed by atoms with Crippen LogP contribution in [0.5, 0.6) is 0 Å². The zero-order valence-corrected chi connectivity index (χ0v) is 13.0. The Morgan fingerprint density at radius 1 is 1.14 bits per heavy atom. The molecule has 0 bridgehead atoms. The molecule has 0 radical (unpaired) electrons. The molecule has 1 amide bonds. The topological polar surface area (TPSA) is 46.3 Å². The molecule has 0 atom stereocenters. The Morgan fingerprint density at radius 2 is 1.90 bits per heavy atom. The lowest BCUT2D eigenvalue weighted by atomic mass is 10.2. The van der Waals surface area contributed by atoms with Gasteiger partial charge in [-0.3, -0.25) is 4.79 Å². The molecule has 3 nitrogen and oxygen atoms in total. The first-order chi connectivity index (χ1) is 10.2. The molecule has 0 saturated carbocycles. The lowest BCUT2D eigenvalue weighted by Crippen LogP contribution is -2.31. The van der Waals surface area contributed by atoms with Crippen molar-refractivity contribution in [3.05, 3.63) is 60.2 Å². The van der Waals surface area contributed by atoms with Gasteiger partial charge in [0.05, 0.1) is 5.75 Å². The van der Waals surface area contributed by atoms with E-state index in [1.807, 2.05) is 66.4 Å². The van der Waals surface area contributed by atoms with Gasteiger partial charge in [-0.2, -0.15) is 0 Å². The Morgan fingerprint density at radius 3 is 2.57 bits per heavy atom. The third kappa shape index (κ3) is 4.83. The first-order valence-electron chi connectivity index (χ1n) is 6.99. The molecule has 0 aromatic heterocycles. The van der Waals surface area contributed by atoms with E-state index in [9.17, 15) is 4.79 Å². The fraction of sp³-hybridized carbons (Fsp3) is 0.235. The molecule has 0 aliphatic carbocycles. The Labute approximate surface area is 130 Å². The summed E-state index contributed by atoms with van der Waals surface area (Å²) in [6, 6.07) is 17.7. The maximum atomic E-state index is 12.3. The van der Waals surface area contributed by atoms with E-state index in [1.54, 1.807) is 0 Å². The fourth-order valence-electron chi connectivity index (χ4n) is 2.02. The summed E-state index contributed by atoms with van der Waals surface area (Å²) < 4.78 is 0. The summed E-state index contributed by atoms with van der Waals surface area (Å²) in [5, 5.41) is 0. The van der Waals surface area contributed by atoms with Crippen molar-refractivity contribution in [1.82, 2.24) is 4.90 Å². The Balaban J connectivity index is 1.91. The number of nitrogens with two attached hydrogens (primary N) is 1. The molecule has 110 valence electrons. The van der Waals surface area contributed by atoms with Gasteiger partial charge in [0.2, 0.25) is 5.91 Å². The second-order valence-electron chi connectivity index (χ2n) is 4.75. The first kappa shape index (κ1) is 15.4. The van der Waals surface area contributed by atoms with E-state index in [0.29, 0.717) is 18.8 Å². The molecular formula is C17H20N2OS. The molecule has 0 aliphatic heterocycles. The molecule has 21 heavy (non-hydrogen) atoms. The summed E-state index contributed by atoms with van der Waals surface area (Å²) >= 11 is 1.53. The van der Waals surface area contributed by atoms with Crippen molar-refractivity contribution in [2.24, 2.45) is 0 Å². The van der Waals surface area contributed by atoms with Gasteiger partial charge in [-0.15, -0.1) is 11.8 Å². The summed E-state index contributed by atoms with van der Waals surface area (Å²) in [4.78, 5) is 15.2. The highest BCUT2D eigenvalue weighted by Gasteiger charge is 2.12. The zero-order chi connectivity index (χ0) is 15.1. The van der Waals surface area contributed by atoms with Gasteiger partial charge in [0, 0.05) is 23.7 Å². The van der Waals surface area contributed by atoms with Crippen LogP contribution in [0.2, 0.25) is 0 Å². The largest absolute Gasteiger partial charge is 0.399 e. The number of carbonyl (C=O) groups is 1. The van der Waals surface area contributed by atoms with Crippen molar-refractivity contribution < 1.29 is 4.79 Å². The quantitative estimate of drug-likeness (QED) is 0.657. The minimum atomic E-state index is 0.147. The highest BCUT2D eigenvalue weighted by atomic mass is 32.2. The Bertz CT molecular complexity index is 586. The summed E-state index contributed by atoms with van der Waals surface area (Å²) in [5.41, 5.74) is 7.62. The van der Waals surface area contributed by atoms with E-state index < -0.39 is 0 Å². The highest BCUT2D eigenvalue weighted by Crippen LogP contribution is 2.20. The normalized spacial score (nSPS) is 10.3. The molecule has 0 fully saturated rings. The average molecular weight is 300 g/mol. The minimum absolute atomic E-state index is 0.147. The lowest BCUT2D eigenvalue weighted by molar-refractivity contribution is -0.128. The molecule has 0 spiro atoms. The molecule has 4 heteroatoms. The number of thioether (sulfide) groups is 1. The van der Waals surface area contributed by atoms with E-state index in [-0.39, 0.29) is 5.91 Å². The molecule has 2 rings (SSSR count). The van der Waals surface area contributed by atoms with Gasteiger partial charge in [0.1, 0.15) is 0 Å². The van der Waals surface area contributed by atoms with E-state index in [1.165, 1.54) is 11.8 Å². The fourth-order valence-corrected chi connectivity index (χ4v) is 2.89. The van der Waals surface area contributed by atoms with Crippen molar-refractivity contribution in [3.63, 3.8) is 0 Å². The Hall–Kier alpha value is -1.94. The van der Waals surface area contributed by atoms with Crippen LogP contribution in [0.4, 0.5) is 5.69 Å². The van der Waals surface area contributed by atoms with E-state index in [2.05, 4.69) is 0 Å². The molecule has 2 N–H and O–H groups in total. The standard InChI is InChI=1S/C17H20N2OS/c1-2-19(12-14-7-4-3-5-8-14)17(20)13-21-16-10-6-9-15(18)11-16/h3-11H,2,12-13,18H2,1H3. The average Bonchev–Trinajstić information content (AvgIpc) is 2.51. The van der Waals surface area contributed by atoms with E-state index >= 15 is 0 Å². The molecule has 0 aliphatic rings. The van der Waals surface area contributed by atoms with Crippen molar-refractivity contribution >= 4 is 23.4 Å². The van der Waals surface area contributed by atoms with Gasteiger partial charge in [-0.25, -0.2) is 0 Å². The van der Waals surface area contributed by atoms with Crippen molar-refractivity contribution in [2.75, 3.05) is 18.0 Å². The number of hydrogen-bond acceptors (Lipinski definition) is 3. The summed E-state index contributed by atoms with van der Waals surface area (Å²) in [5.74, 6) is 0.582. The number of amides is 1. The zero-order valence-electron chi connectivity index (χ0n) is 12.2. The number of rotatable bonds is 6. The SMILES string of the molecule is CCN(Cc1ccccc1)C(=O)CSc1cccc(N)c1. The smallest absolute Gasteiger partial charge is 0.233 e. The Kier molecular flexibility index (Phi) is 5.69. The number of hydrogen-bond donors (Lipinski definition) is 1. The summed E-state index contributed by atoms with van der Waals surface area (Å²) in [6.45, 7) is 3.38. The van der Waals surface area contributed by atoms with E-state index in [0.717, 1.165) is 16.1 Å². The summed E-state index contributed by atoms with van der Waals surface area (Å²) in [7, 11) is 0. The number of benzene rings is 2. The van der Waals surface area contributed by atoms with Crippen LogP contribution in [0.3, 0.4) is 0 Å². The molecule has 2 aromatic carbocycles. The van der Waals surface area contributed by atoms with Crippen LogP contribution in [-0.4, -0.2) is 23.1 Å². The van der Waals surface area contributed by atoms with Crippen LogP contribution in [0.25, 0.3) is 0 Å². The van der Waals surface area contributed by atoms with Gasteiger partial charge in [-0.05, 0) is 30.7 Å². The van der Waals surface area contributed by atoms with Crippen LogP contribution in [0, 0.1) is 0 Å². The van der Waals surface area contributed by atoms with Crippen LogP contribution < -0.4 is 5.73 Å². The molecule has 2 aromatic rings. The van der Waals surface area contributed by atoms with Gasteiger partial charge in [0.25, 0.3) is 0 Å². The highest BCUT2D eigenvalue weighted by molar-refractivity contribution is 8.00. The second-order valence-corrected chi connectivity index (χ2v) is 5.80.